The quantitative estimate of drug-likeness (QED) is 0.0106. The Morgan fingerprint density at radius 3 is 1.37 bits per heavy atom. The molecule has 0 aromatic carbocycles. The zero-order valence-corrected chi connectivity index (χ0v) is 47.2. The second kappa shape index (κ2) is 40.9. The lowest BCUT2D eigenvalue weighted by Gasteiger charge is -2.21. The SMILES string of the molecule is C/C=C\CCCC(=O)O[C@H](C)CCOCC(COP(=O)(O)OCCNC(=O)C(CCCCNC(=O)OC(C)(C)C)C(=O)NCCOP(=O)(O)OCC(COCC[C@@H](C)OC(=O)CCC/C=C\C)NC(C)=O)NC(C)=O. The number of amides is 5. The molecule has 0 saturated heterocycles. The number of phosphoric ester groups is 2. The molecule has 27 heteroatoms. The maximum absolute atomic E-state index is 13.3. The van der Waals surface area contributed by atoms with Gasteiger partial charge < -0.3 is 60.1 Å². The van der Waals surface area contributed by atoms with E-state index in [2.05, 4.69) is 26.6 Å². The van der Waals surface area contributed by atoms with E-state index < -0.39 is 108 Å². The van der Waals surface area contributed by atoms with E-state index in [1.165, 1.54) is 13.8 Å². The average Bonchev–Trinajstić information content (AvgIpc) is 3.30. The molecular weight excluding hydrogens is 1030 g/mol. The van der Waals surface area contributed by atoms with Crippen molar-refractivity contribution in [2.45, 2.75) is 163 Å². The summed E-state index contributed by atoms with van der Waals surface area (Å²) in [7, 11) is -9.49. The number of allylic oxidation sites excluding steroid dienone is 4. The molecule has 0 aliphatic carbocycles. The molecule has 5 amide bonds. The molecule has 0 bridgehead atoms. The Labute approximate surface area is 442 Å². The summed E-state index contributed by atoms with van der Waals surface area (Å²) >= 11 is 0. The predicted molar refractivity (Wildman–Crippen MR) is 276 cm³/mol. The van der Waals surface area contributed by atoms with Gasteiger partial charge in [0.25, 0.3) is 0 Å². The summed E-state index contributed by atoms with van der Waals surface area (Å²) in [4.78, 5) is 107. The minimum Gasteiger partial charge on any atom is -0.463 e. The van der Waals surface area contributed by atoms with Gasteiger partial charge >= 0.3 is 33.7 Å². The number of alkyl carbamates (subject to hydrolysis) is 1. The Morgan fingerprint density at radius 2 is 0.987 bits per heavy atom. The molecule has 0 aliphatic heterocycles. The van der Waals surface area contributed by atoms with Crippen molar-refractivity contribution in [2.75, 3.05) is 72.5 Å². The van der Waals surface area contributed by atoms with Gasteiger partial charge in [-0.25, -0.2) is 13.9 Å². The predicted octanol–water partition coefficient (Wildman–Crippen LogP) is 4.98. The van der Waals surface area contributed by atoms with Crippen molar-refractivity contribution in [3.8, 4) is 0 Å². The fourth-order valence-corrected chi connectivity index (χ4v) is 7.78. The van der Waals surface area contributed by atoms with Gasteiger partial charge in [-0.05, 0) is 87.0 Å². The molecule has 4 unspecified atom stereocenters. The molecule has 0 saturated carbocycles. The molecule has 0 spiro atoms. The van der Waals surface area contributed by atoms with Crippen LogP contribution in [0.25, 0.3) is 0 Å². The van der Waals surface area contributed by atoms with Crippen LogP contribution < -0.4 is 26.6 Å². The van der Waals surface area contributed by atoms with Crippen molar-refractivity contribution < 1.29 is 94.3 Å². The van der Waals surface area contributed by atoms with Crippen LogP contribution in [0, 0.1) is 5.92 Å². The fraction of sp³-hybridized carbons (Fsp3) is 0.771. The lowest BCUT2D eigenvalue weighted by molar-refractivity contribution is -0.150. The number of unbranched alkanes of at least 4 members (excludes halogenated alkanes) is 3. The van der Waals surface area contributed by atoms with Crippen molar-refractivity contribution in [3.63, 3.8) is 0 Å². The van der Waals surface area contributed by atoms with E-state index in [1.54, 1.807) is 34.6 Å². The molecule has 7 N–H and O–H groups in total. The first kappa shape index (κ1) is 70.7. The normalized spacial score (nSPS) is 15.3. The van der Waals surface area contributed by atoms with Gasteiger partial charge in [-0.1, -0.05) is 30.7 Å². The van der Waals surface area contributed by atoms with Gasteiger partial charge in [-0.2, -0.15) is 0 Å². The van der Waals surface area contributed by atoms with Crippen LogP contribution >= 0.6 is 15.6 Å². The van der Waals surface area contributed by atoms with Gasteiger partial charge in [0, 0.05) is 59.2 Å². The number of nitrogens with one attached hydrogen (secondary N) is 5. The Hall–Kier alpha value is -4.29. The molecule has 0 aromatic rings. The van der Waals surface area contributed by atoms with Crippen molar-refractivity contribution in [3.05, 3.63) is 24.3 Å². The monoisotopic (exact) mass is 1120 g/mol. The first-order valence-electron chi connectivity index (χ1n) is 25.3. The van der Waals surface area contributed by atoms with Crippen LogP contribution in [0.5, 0.6) is 0 Å². The summed E-state index contributed by atoms with van der Waals surface area (Å²) in [6.07, 6.45) is 11.0. The van der Waals surface area contributed by atoms with E-state index in [9.17, 15) is 52.5 Å². The number of carbonyl (C=O) groups is 7. The van der Waals surface area contributed by atoms with E-state index in [-0.39, 0.29) is 83.7 Å². The number of phosphoric acid groups is 2. The van der Waals surface area contributed by atoms with Crippen LogP contribution in [0.4, 0.5) is 4.79 Å². The van der Waals surface area contributed by atoms with Crippen molar-refractivity contribution in [2.24, 2.45) is 5.92 Å². The molecule has 0 heterocycles. The molecule has 434 valence electrons. The van der Waals surface area contributed by atoms with Gasteiger partial charge in [0.2, 0.25) is 23.6 Å². The van der Waals surface area contributed by atoms with Crippen LogP contribution in [-0.4, -0.2) is 154 Å². The van der Waals surface area contributed by atoms with E-state index in [0.29, 0.717) is 32.1 Å². The lowest BCUT2D eigenvalue weighted by atomic mass is 9.99. The highest BCUT2D eigenvalue weighted by Gasteiger charge is 2.29. The van der Waals surface area contributed by atoms with Gasteiger partial charge in [-0.15, -0.1) is 0 Å². The smallest absolute Gasteiger partial charge is 0.463 e. The molecular formula is C48H87N5O20P2. The van der Waals surface area contributed by atoms with Crippen molar-refractivity contribution in [1.29, 1.82) is 0 Å². The summed E-state index contributed by atoms with van der Waals surface area (Å²) in [6.45, 7) is 12.3. The van der Waals surface area contributed by atoms with Gasteiger partial charge in [-0.3, -0.25) is 46.9 Å². The third-order valence-electron chi connectivity index (χ3n) is 9.84. The van der Waals surface area contributed by atoms with Gasteiger partial charge in [0.05, 0.1) is 64.9 Å². The minimum absolute atomic E-state index is 0.0276. The van der Waals surface area contributed by atoms with Gasteiger partial charge in [0.1, 0.15) is 23.7 Å². The van der Waals surface area contributed by atoms with Crippen LogP contribution in [0.3, 0.4) is 0 Å². The summed E-state index contributed by atoms with van der Waals surface area (Å²) in [6, 6.07) is -1.72. The first-order valence-corrected chi connectivity index (χ1v) is 28.3. The Bertz CT molecular complexity index is 1740. The molecule has 0 aromatic heterocycles. The standard InChI is InChI=1S/C48H87N5O20P2/c1-10-12-14-16-21-43(56)71-36(3)23-28-65-32-40(52-38(5)54)34-69-74(61,62)67-30-26-49-45(58)42(20-18-19-25-51-47(60)73-48(7,8)9)46(59)50-27-31-68-75(63,64)70-35-41(53-39(6)55)33-66-29-24-37(4)72-44(57)22-17-15-13-11-2/h10-13,36-37,40-42H,14-35H2,1-9H3,(H,49,58)(H,50,59)(H,51,60)(H,52,54)(H,53,55)(H,61,62)(H,63,64)/b12-10-,13-11-/t36-,37-,40?,41?,42?/m1/s1. The molecule has 25 nitrogen and oxygen atoms in total. The van der Waals surface area contributed by atoms with Crippen LogP contribution in [0.1, 0.15) is 133 Å². The minimum atomic E-state index is -4.74. The lowest BCUT2D eigenvalue weighted by Crippen LogP contribution is -2.43. The third-order valence-corrected chi connectivity index (χ3v) is 11.8. The zero-order valence-electron chi connectivity index (χ0n) is 45.4. The van der Waals surface area contributed by atoms with E-state index in [0.717, 1.165) is 12.8 Å². The highest BCUT2D eigenvalue weighted by Crippen LogP contribution is 2.43. The molecule has 0 radical (unpaired) electrons. The Balaban J connectivity index is 5.23. The largest absolute Gasteiger partial charge is 0.472 e. The van der Waals surface area contributed by atoms with Crippen LogP contribution in [0.15, 0.2) is 24.3 Å². The first-order chi connectivity index (χ1) is 35.3. The number of hydrogen-bond acceptors (Lipinski definition) is 18. The van der Waals surface area contributed by atoms with E-state index in [1.807, 2.05) is 38.2 Å². The molecule has 0 rings (SSSR count). The number of rotatable bonds is 43. The molecule has 0 aliphatic rings. The summed E-state index contributed by atoms with van der Waals surface area (Å²) in [5.74, 6) is -4.51. The Kier molecular flexibility index (Phi) is 38.6. The summed E-state index contributed by atoms with van der Waals surface area (Å²) in [5, 5.41) is 12.6. The second-order valence-electron chi connectivity index (χ2n) is 18.3. The van der Waals surface area contributed by atoms with Crippen LogP contribution in [0.2, 0.25) is 0 Å². The summed E-state index contributed by atoms with van der Waals surface area (Å²) in [5.41, 5.74) is -0.727. The Morgan fingerprint density at radius 1 is 0.560 bits per heavy atom. The zero-order chi connectivity index (χ0) is 56.7. The van der Waals surface area contributed by atoms with Gasteiger partial charge in [0.15, 0.2) is 0 Å². The van der Waals surface area contributed by atoms with E-state index >= 15 is 0 Å². The second-order valence-corrected chi connectivity index (χ2v) is 21.2. The number of hydrogen-bond donors (Lipinski definition) is 7. The topological polar surface area (TPSA) is 337 Å². The van der Waals surface area contributed by atoms with Crippen molar-refractivity contribution in [1.82, 2.24) is 26.6 Å². The molecule has 0 fully saturated rings. The van der Waals surface area contributed by atoms with Crippen LogP contribution in [-0.2, 0) is 79.7 Å². The number of carbonyl (C=O) groups excluding carboxylic acids is 7. The molecule has 75 heavy (non-hydrogen) atoms. The average molecular weight is 1120 g/mol. The highest BCUT2D eigenvalue weighted by atomic mass is 31.2. The van der Waals surface area contributed by atoms with E-state index in [4.69, 9.17) is 41.8 Å². The maximum atomic E-state index is 13.3. The third kappa shape index (κ3) is 42.5. The highest BCUT2D eigenvalue weighted by molar-refractivity contribution is 7.47. The number of ether oxygens (including phenoxy) is 5. The number of esters is 2. The molecule has 6 atom stereocenters. The summed E-state index contributed by atoms with van der Waals surface area (Å²) < 4.78 is 72.7. The van der Waals surface area contributed by atoms with Crippen molar-refractivity contribution >= 4 is 57.3 Å². The maximum Gasteiger partial charge on any atom is 0.472 e. The fourth-order valence-electron chi connectivity index (χ4n) is 6.25.